The molecule has 0 saturated carbocycles. The second-order valence-electron chi connectivity index (χ2n) is 4.14. The van der Waals surface area contributed by atoms with Crippen molar-refractivity contribution in [3.63, 3.8) is 0 Å². The van der Waals surface area contributed by atoms with Crippen molar-refractivity contribution in [2.24, 2.45) is 0 Å². The van der Waals surface area contributed by atoms with Gasteiger partial charge in [0.25, 0.3) is 0 Å². The highest BCUT2D eigenvalue weighted by molar-refractivity contribution is 5.78. The minimum Gasteiger partial charge on any atom is -0.348 e. The van der Waals surface area contributed by atoms with Gasteiger partial charge in [-0.25, -0.2) is 8.78 Å². The van der Waals surface area contributed by atoms with Crippen LogP contribution in [0.5, 0.6) is 0 Å². The number of alkyl halides is 3. The molecule has 1 aromatic carbocycles. The first-order valence-electron chi connectivity index (χ1n) is 5.71. The monoisotopic (exact) mass is 296 g/mol. The van der Waals surface area contributed by atoms with Crippen molar-refractivity contribution in [1.29, 1.82) is 0 Å². The molecule has 1 unspecified atom stereocenters. The van der Waals surface area contributed by atoms with E-state index in [2.05, 4.69) is 5.32 Å². The molecular formula is C12H13F5N2O. The van der Waals surface area contributed by atoms with Gasteiger partial charge in [-0.05, 0) is 19.1 Å². The summed E-state index contributed by atoms with van der Waals surface area (Å²) in [4.78, 5) is 11.3. The molecule has 0 radical (unpaired) electrons. The van der Waals surface area contributed by atoms with Gasteiger partial charge in [0, 0.05) is 5.56 Å². The summed E-state index contributed by atoms with van der Waals surface area (Å²) in [6, 6.07) is 2.25. The number of benzene rings is 1. The van der Waals surface area contributed by atoms with Gasteiger partial charge in [-0.2, -0.15) is 13.2 Å². The lowest BCUT2D eigenvalue weighted by atomic mass is 10.1. The van der Waals surface area contributed by atoms with E-state index in [0.29, 0.717) is 0 Å². The molecule has 0 bridgehead atoms. The maximum atomic E-state index is 13.4. The number of carbonyl (C=O) groups excluding carboxylic acids is 1. The summed E-state index contributed by atoms with van der Waals surface area (Å²) < 4.78 is 62.3. The van der Waals surface area contributed by atoms with Gasteiger partial charge in [-0.1, -0.05) is 6.07 Å². The van der Waals surface area contributed by atoms with Crippen LogP contribution < -0.4 is 10.6 Å². The predicted molar refractivity (Wildman–Crippen MR) is 61.8 cm³/mol. The van der Waals surface area contributed by atoms with Crippen molar-refractivity contribution < 1.29 is 26.7 Å². The van der Waals surface area contributed by atoms with E-state index in [4.69, 9.17) is 0 Å². The number of nitrogens with one attached hydrogen (secondary N) is 2. The van der Waals surface area contributed by atoms with Gasteiger partial charge >= 0.3 is 6.18 Å². The normalized spacial score (nSPS) is 13.1. The molecule has 0 heterocycles. The van der Waals surface area contributed by atoms with Crippen LogP contribution >= 0.6 is 0 Å². The van der Waals surface area contributed by atoms with Crippen LogP contribution in [0.3, 0.4) is 0 Å². The highest BCUT2D eigenvalue weighted by Gasteiger charge is 2.26. The highest BCUT2D eigenvalue weighted by Crippen LogP contribution is 2.20. The van der Waals surface area contributed by atoms with Crippen molar-refractivity contribution >= 4 is 5.91 Å². The van der Waals surface area contributed by atoms with E-state index in [1.165, 1.54) is 13.0 Å². The molecule has 1 amide bonds. The Labute approximate surface area is 112 Å². The second-order valence-corrected chi connectivity index (χ2v) is 4.14. The molecule has 112 valence electrons. The summed E-state index contributed by atoms with van der Waals surface area (Å²) in [6.45, 7) is -0.577. The molecule has 1 rings (SSSR count). The number of hydrogen-bond acceptors (Lipinski definition) is 2. The third kappa shape index (κ3) is 5.12. The van der Waals surface area contributed by atoms with Crippen LogP contribution in [0.1, 0.15) is 18.5 Å². The molecule has 3 nitrogen and oxygen atoms in total. The smallest absolute Gasteiger partial charge is 0.348 e. The molecule has 0 aliphatic carbocycles. The summed E-state index contributed by atoms with van der Waals surface area (Å²) >= 11 is 0. The van der Waals surface area contributed by atoms with Crippen LogP contribution in [0.15, 0.2) is 18.2 Å². The fraction of sp³-hybridized carbons (Fsp3) is 0.417. The molecule has 0 fully saturated rings. The molecule has 8 heteroatoms. The van der Waals surface area contributed by atoms with E-state index in [1.54, 1.807) is 0 Å². The van der Waals surface area contributed by atoms with E-state index in [-0.39, 0.29) is 5.56 Å². The van der Waals surface area contributed by atoms with Crippen molar-refractivity contribution in [1.82, 2.24) is 10.6 Å². The Bertz CT molecular complexity index is 455. The average Bonchev–Trinajstić information content (AvgIpc) is 2.26. The lowest BCUT2D eigenvalue weighted by Gasteiger charge is -2.16. The van der Waals surface area contributed by atoms with Gasteiger partial charge in [0.2, 0.25) is 5.91 Å². The molecule has 0 aliphatic heterocycles. The maximum Gasteiger partial charge on any atom is 0.401 e. The topological polar surface area (TPSA) is 41.1 Å². The van der Waals surface area contributed by atoms with Crippen LogP contribution in [0.25, 0.3) is 0 Å². The third-order valence-electron chi connectivity index (χ3n) is 2.42. The largest absolute Gasteiger partial charge is 0.401 e. The van der Waals surface area contributed by atoms with Gasteiger partial charge in [0.1, 0.15) is 11.6 Å². The Morgan fingerprint density at radius 1 is 1.25 bits per heavy atom. The van der Waals surface area contributed by atoms with E-state index in [1.807, 2.05) is 5.32 Å². The van der Waals surface area contributed by atoms with Crippen LogP contribution in [0, 0.1) is 11.6 Å². The molecule has 1 aromatic rings. The van der Waals surface area contributed by atoms with Crippen molar-refractivity contribution in [3.05, 3.63) is 35.4 Å². The fourth-order valence-corrected chi connectivity index (χ4v) is 1.61. The molecule has 2 N–H and O–H groups in total. The van der Waals surface area contributed by atoms with E-state index < -0.39 is 42.8 Å². The van der Waals surface area contributed by atoms with Crippen LogP contribution in [-0.4, -0.2) is 25.2 Å². The number of hydrogen-bond donors (Lipinski definition) is 2. The van der Waals surface area contributed by atoms with Crippen molar-refractivity contribution in [2.45, 2.75) is 19.1 Å². The average molecular weight is 296 g/mol. The van der Waals surface area contributed by atoms with E-state index >= 15 is 0 Å². The number of rotatable bonds is 5. The SMILES string of the molecule is CC(NC(=O)CNCC(F)(F)F)c1c(F)cccc1F. The first-order valence-corrected chi connectivity index (χ1v) is 5.71. The summed E-state index contributed by atoms with van der Waals surface area (Å²) in [6.07, 6.45) is -4.43. The predicted octanol–water partition coefficient (Wildman–Crippen LogP) is 2.29. The van der Waals surface area contributed by atoms with Crippen LogP contribution in [-0.2, 0) is 4.79 Å². The Balaban J connectivity index is 2.54. The number of halogens is 5. The fourth-order valence-electron chi connectivity index (χ4n) is 1.61. The van der Waals surface area contributed by atoms with Crippen LogP contribution in [0.4, 0.5) is 22.0 Å². The zero-order chi connectivity index (χ0) is 15.3. The standard InChI is InChI=1S/C12H13F5N2O/c1-7(11-8(13)3-2-4-9(11)14)19-10(20)5-18-6-12(15,16)17/h2-4,7,18H,5-6H2,1H3,(H,19,20). The summed E-state index contributed by atoms with van der Waals surface area (Å²) in [7, 11) is 0. The second kappa shape index (κ2) is 6.65. The van der Waals surface area contributed by atoms with Gasteiger partial charge in [0.05, 0.1) is 19.1 Å². The first-order chi connectivity index (χ1) is 9.20. The lowest BCUT2D eigenvalue weighted by molar-refractivity contribution is -0.128. The molecule has 0 aromatic heterocycles. The maximum absolute atomic E-state index is 13.4. The summed E-state index contributed by atoms with van der Waals surface area (Å²) in [5.74, 6) is -2.45. The lowest BCUT2D eigenvalue weighted by Crippen LogP contribution is -2.39. The van der Waals surface area contributed by atoms with Crippen molar-refractivity contribution in [2.75, 3.05) is 13.1 Å². The Hall–Kier alpha value is -1.70. The third-order valence-corrected chi connectivity index (χ3v) is 2.42. The molecule has 0 aliphatic rings. The zero-order valence-corrected chi connectivity index (χ0v) is 10.5. The van der Waals surface area contributed by atoms with Gasteiger partial charge in [0.15, 0.2) is 0 Å². The Morgan fingerprint density at radius 3 is 2.30 bits per heavy atom. The number of amides is 1. The van der Waals surface area contributed by atoms with Gasteiger partial charge in [-0.3, -0.25) is 4.79 Å². The Morgan fingerprint density at radius 2 is 1.80 bits per heavy atom. The Kier molecular flexibility index (Phi) is 5.43. The summed E-state index contributed by atoms with van der Waals surface area (Å²) in [5.41, 5.74) is -0.336. The quantitative estimate of drug-likeness (QED) is 0.819. The number of carbonyl (C=O) groups is 1. The molecular weight excluding hydrogens is 283 g/mol. The highest BCUT2D eigenvalue weighted by atomic mass is 19.4. The van der Waals surface area contributed by atoms with Crippen LogP contribution in [0.2, 0.25) is 0 Å². The molecule has 0 saturated heterocycles. The molecule has 1 atom stereocenters. The first kappa shape index (κ1) is 16.4. The molecule has 0 spiro atoms. The van der Waals surface area contributed by atoms with Gasteiger partial charge < -0.3 is 10.6 Å². The van der Waals surface area contributed by atoms with E-state index in [0.717, 1.165) is 12.1 Å². The summed E-state index contributed by atoms with van der Waals surface area (Å²) in [5, 5.41) is 4.10. The van der Waals surface area contributed by atoms with Crippen molar-refractivity contribution in [3.8, 4) is 0 Å². The molecule has 20 heavy (non-hydrogen) atoms. The minimum atomic E-state index is -4.43. The minimum absolute atomic E-state index is 0.336. The zero-order valence-electron chi connectivity index (χ0n) is 10.5. The van der Waals surface area contributed by atoms with Gasteiger partial charge in [-0.15, -0.1) is 0 Å². The van der Waals surface area contributed by atoms with E-state index in [9.17, 15) is 26.7 Å².